The van der Waals surface area contributed by atoms with E-state index in [9.17, 15) is 35.5 Å². The highest BCUT2D eigenvalue weighted by Crippen LogP contribution is 2.32. The van der Waals surface area contributed by atoms with E-state index in [-0.39, 0.29) is 16.5 Å². The third-order valence-electron chi connectivity index (χ3n) is 2.47. The Labute approximate surface area is 135 Å². The average Bonchev–Trinajstić information content (AvgIpc) is 2.38. The maximum absolute atomic E-state index is 13.7. The van der Waals surface area contributed by atoms with Gasteiger partial charge in [-0.2, -0.15) is 26.3 Å². The molecule has 0 radical (unpaired) electrons. The first-order valence-electron chi connectivity index (χ1n) is 6.08. The molecule has 0 unspecified atom stereocenters. The highest BCUT2D eigenvalue weighted by atomic mass is 32.2. The van der Waals surface area contributed by atoms with Crippen LogP contribution in [0.1, 0.15) is 5.56 Å². The van der Waals surface area contributed by atoms with Crippen LogP contribution in [-0.4, -0.2) is 29.1 Å². The van der Waals surface area contributed by atoms with Gasteiger partial charge in [-0.25, -0.2) is 4.39 Å². The summed E-state index contributed by atoms with van der Waals surface area (Å²) in [6.45, 7) is 1.34. The number of benzene rings is 1. The van der Waals surface area contributed by atoms with Gasteiger partial charge in [-0.15, -0.1) is 11.8 Å². The molecule has 0 aliphatic heterocycles. The molecule has 0 aliphatic carbocycles. The van der Waals surface area contributed by atoms with Crippen LogP contribution in [0.4, 0.5) is 36.4 Å². The number of halogens is 7. The molecule has 2 N–H and O–H groups in total. The van der Waals surface area contributed by atoms with Crippen LogP contribution < -0.4 is 5.32 Å². The molecule has 0 fully saturated rings. The molecule has 0 bridgehead atoms. The van der Waals surface area contributed by atoms with Crippen LogP contribution in [0.15, 0.2) is 28.9 Å². The van der Waals surface area contributed by atoms with Crippen LogP contribution in [-0.2, 0) is 4.79 Å². The lowest BCUT2D eigenvalue weighted by Crippen LogP contribution is -2.17. The molecular weight excluding hydrogens is 367 g/mol. The Morgan fingerprint density at radius 1 is 1.25 bits per heavy atom. The van der Waals surface area contributed by atoms with Crippen molar-refractivity contribution in [2.45, 2.75) is 24.2 Å². The van der Waals surface area contributed by atoms with Crippen molar-refractivity contribution in [3.63, 3.8) is 0 Å². The molecule has 1 aromatic rings. The predicted octanol–water partition coefficient (Wildman–Crippen LogP) is 4.73. The summed E-state index contributed by atoms with van der Waals surface area (Å²) in [7, 11) is 0. The van der Waals surface area contributed by atoms with E-state index in [1.165, 1.54) is 6.92 Å². The highest BCUT2D eigenvalue weighted by molar-refractivity contribution is 7.99. The van der Waals surface area contributed by atoms with E-state index < -0.39 is 41.3 Å². The van der Waals surface area contributed by atoms with Gasteiger partial charge >= 0.3 is 12.4 Å². The van der Waals surface area contributed by atoms with Crippen LogP contribution in [0.25, 0.3) is 0 Å². The first-order valence-corrected chi connectivity index (χ1v) is 7.06. The predicted molar refractivity (Wildman–Crippen MR) is 73.3 cm³/mol. The molecule has 134 valence electrons. The summed E-state index contributed by atoms with van der Waals surface area (Å²) in [5.74, 6) is -5.99. The topological polar surface area (TPSA) is 49.3 Å². The summed E-state index contributed by atoms with van der Waals surface area (Å²) in [5.41, 5.74) is -0.449. The fraction of sp³-hybridized carbons (Fsp3) is 0.308. The molecule has 0 heterocycles. The van der Waals surface area contributed by atoms with Gasteiger partial charge in [0.05, 0.1) is 17.5 Å². The maximum atomic E-state index is 13.7. The summed E-state index contributed by atoms with van der Waals surface area (Å²) >= 11 is 0.334. The van der Waals surface area contributed by atoms with Crippen LogP contribution in [0.3, 0.4) is 0 Å². The SMILES string of the molecule is Cc1cc(F)c(NC(=O)/C=C(\O)C(F)(F)F)cc1SCC(F)(F)F. The van der Waals surface area contributed by atoms with Crippen molar-refractivity contribution in [1.29, 1.82) is 0 Å². The number of hydrogen-bond donors (Lipinski definition) is 2. The van der Waals surface area contributed by atoms with Crippen molar-refractivity contribution in [3.8, 4) is 0 Å². The number of carbonyl (C=O) groups is 1. The van der Waals surface area contributed by atoms with E-state index in [4.69, 9.17) is 5.11 Å². The number of anilines is 1. The monoisotopic (exact) mass is 377 g/mol. The molecular formula is C13H10F7NO2S. The van der Waals surface area contributed by atoms with Crippen LogP contribution in [0.5, 0.6) is 0 Å². The molecule has 1 rings (SSSR count). The van der Waals surface area contributed by atoms with Crippen molar-refractivity contribution in [2.75, 3.05) is 11.1 Å². The van der Waals surface area contributed by atoms with Crippen molar-refractivity contribution in [2.24, 2.45) is 0 Å². The van der Waals surface area contributed by atoms with Crippen LogP contribution >= 0.6 is 11.8 Å². The number of carbonyl (C=O) groups excluding carboxylic acids is 1. The molecule has 0 aliphatic rings. The lowest BCUT2D eigenvalue weighted by molar-refractivity contribution is -0.124. The van der Waals surface area contributed by atoms with E-state index in [1.807, 2.05) is 0 Å². The van der Waals surface area contributed by atoms with E-state index in [1.54, 1.807) is 5.32 Å². The van der Waals surface area contributed by atoms with Gasteiger partial charge in [0, 0.05) is 4.90 Å². The Bertz CT molecular complexity index is 653. The maximum Gasteiger partial charge on any atom is 0.448 e. The number of aliphatic hydroxyl groups is 1. The molecule has 0 spiro atoms. The summed E-state index contributed by atoms with van der Waals surface area (Å²) < 4.78 is 86.5. The number of rotatable bonds is 4. The van der Waals surface area contributed by atoms with E-state index >= 15 is 0 Å². The molecule has 0 saturated carbocycles. The smallest absolute Gasteiger partial charge is 0.448 e. The average molecular weight is 377 g/mol. The van der Waals surface area contributed by atoms with Crippen molar-refractivity contribution in [1.82, 2.24) is 0 Å². The van der Waals surface area contributed by atoms with Crippen molar-refractivity contribution >= 4 is 23.4 Å². The van der Waals surface area contributed by atoms with Gasteiger partial charge < -0.3 is 10.4 Å². The van der Waals surface area contributed by atoms with E-state index in [0.29, 0.717) is 11.8 Å². The van der Waals surface area contributed by atoms with Gasteiger partial charge in [-0.05, 0) is 24.6 Å². The van der Waals surface area contributed by atoms with E-state index in [0.717, 1.165) is 12.1 Å². The molecule has 1 aromatic carbocycles. The fourth-order valence-corrected chi connectivity index (χ4v) is 2.25. The minimum atomic E-state index is -5.16. The van der Waals surface area contributed by atoms with Gasteiger partial charge in [0.25, 0.3) is 5.91 Å². The van der Waals surface area contributed by atoms with Crippen molar-refractivity contribution < 1.29 is 40.6 Å². The van der Waals surface area contributed by atoms with Gasteiger partial charge in [0.2, 0.25) is 5.76 Å². The Morgan fingerprint density at radius 2 is 1.83 bits per heavy atom. The summed E-state index contributed by atoms with van der Waals surface area (Å²) in [4.78, 5) is 11.3. The molecule has 11 heteroatoms. The summed E-state index contributed by atoms with van der Waals surface area (Å²) in [6, 6.07) is 1.71. The highest BCUT2D eigenvalue weighted by Gasteiger charge is 2.34. The van der Waals surface area contributed by atoms with Gasteiger partial charge in [0.1, 0.15) is 5.82 Å². The zero-order valence-electron chi connectivity index (χ0n) is 11.8. The lowest BCUT2D eigenvalue weighted by Gasteiger charge is -2.12. The number of aryl methyl sites for hydroxylation is 1. The number of allylic oxidation sites excluding steroid dienone is 1. The molecule has 0 atom stereocenters. The van der Waals surface area contributed by atoms with Crippen molar-refractivity contribution in [3.05, 3.63) is 35.3 Å². The Balaban J connectivity index is 2.98. The molecule has 0 saturated heterocycles. The molecule has 1 amide bonds. The number of amides is 1. The standard InChI is InChI=1S/C13H10F7NO2S/c1-6-2-7(14)8(3-9(6)24-5-12(15,16)17)21-11(23)4-10(22)13(18,19)20/h2-4,22H,5H2,1H3,(H,21,23)/b10-4-. The lowest BCUT2D eigenvalue weighted by atomic mass is 10.2. The third-order valence-corrected chi connectivity index (χ3v) is 3.69. The number of thioether (sulfide) groups is 1. The zero-order valence-corrected chi connectivity index (χ0v) is 12.7. The molecule has 3 nitrogen and oxygen atoms in total. The molecule has 24 heavy (non-hydrogen) atoms. The third kappa shape index (κ3) is 6.30. The van der Waals surface area contributed by atoms with Gasteiger partial charge in [0.15, 0.2) is 0 Å². The zero-order chi connectivity index (χ0) is 18.7. The Kier molecular flexibility index (Phi) is 6.15. The normalized spacial score (nSPS) is 13.1. The second-order valence-corrected chi connectivity index (χ2v) is 5.54. The second-order valence-electron chi connectivity index (χ2n) is 4.52. The Morgan fingerprint density at radius 3 is 2.33 bits per heavy atom. The van der Waals surface area contributed by atoms with E-state index in [2.05, 4.69) is 0 Å². The minimum absolute atomic E-state index is 0.00644. The minimum Gasteiger partial charge on any atom is -0.504 e. The van der Waals surface area contributed by atoms with Gasteiger partial charge in [-0.3, -0.25) is 4.79 Å². The van der Waals surface area contributed by atoms with Crippen LogP contribution in [0.2, 0.25) is 0 Å². The van der Waals surface area contributed by atoms with Crippen LogP contribution in [0, 0.1) is 12.7 Å². The fourth-order valence-electron chi connectivity index (χ4n) is 1.44. The Hall–Kier alpha value is -1.91. The number of nitrogens with one attached hydrogen (secondary N) is 1. The number of alkyl halides is 6. The first-order chi connectivity index (χ1) is 10.8. The number of aliphatic hydroxyl groups excluding tert-OH is 1. The number of hydrogen-bond acceptors (Lipinski definition) is 3. The molecule has 0 aromatic heterocycles. The quantitative estimate of drug-likeness (QED) is 0.345. The van der Waals surface area contributed by atoms with Gasteiger partial charge in [-0.1, -0.05) is 0 Å². The second kappa shape index (κ2) is 7.32. The largest absolute Gasteiger partial charge is 0.504 e. The first kappa shape index (κ1) is 20.1. The summed E-state index contributed by atoms with van der Waals surface area (Å²) in [6.07, 6.45) is -9.84. The summed E-state index contributed by atoms with van der Waals surface area (Å²) in [5, 5.41) is 10.4.